The van der Waals surface area contributed by atoms with Crippen molar-refractivity contribution >= 4 is 33.2 Å². The van der Waals surface area contributed by atoms with Crippen LogP contribution in [-0.2, 0) is 14.8 Å². The molecule has 0 unspecified atom stereocenters. The van der Waals surface area contributed by atoms with Crippen LogP contribution >= 0.6 is 11.6 Å². The summed E-state index contributed by atoms with van der Waals surface area (Å²) >= 11 is 6.08. The molecule has 32 heavy (non-hydrogen) atoms. The minimum atomic E-state index is -3.79. The van der Waals surface area contributed by atoms with Gasteiger partial charge in [0.15, 0.2) is 0 Å². The number of rotatable bonds is 8. The fraction of sp³-hybridized carbons (Fsp3) is 0.435. The fourth-order valence-corrected chi connectivity index (χ4v) is 5.42. The van der Waals surface area contributed by atoms with Crippen LogP contribution in [0.15, 0.2) is 47.4 Å². The van der Waals surface area contributed by atoms with E-state index >= 15 is 0 Å². The van der Waals surface area contributed by atoms with Crippen LogP contribution < -0.4 is 9.64 Å². The number of piperazine rings is 1. The number of anilines is 1. The fourth-order valence-electron chi connectivity index (χ4n) is 3.75. The first-order chi connectivity index (χ1) is 15.3. The van der Waals surface area contributed by atoms with Crippen molar-refractivity contribution in [3.8, 4) is 5.75 Å². The molecule has 0 aliphatic carbocycles. The van der Waals surface area contributed by atoms with E-state index in [-0.39, 0.29) is 23.9 Å². The van der Waals surface area contributed by atoms with Crippen molar-refractivity contribution in [2.24, 2.45) is 0 Å². The molecule has 0 aromatic heterocycles. The van der Waals surface area contributed by atoms with Crippen molar-refractivity contribution in [1.29, 1.82) is 0 Å². The molecule has 7 nitrogen and oxygen atoms in total. The number of amides is 1. The van der Waals surface area contributed by atoms with Crippen molar-refractivity contribution in [2.45, 2.75) is 25.7 Å². The molecule has 2 aromatic rings. The number of nitrogens with zero attached hydrogens (tertiary/aromatic N) is 3. The zero-order valence-electron chi connectivity index (χ0n) is 18.8. The number of hydrogen-bond acceptors (Lipinski definition) is 5. The number of hydrogen-bond donors (Lipinski definition) is 0. The number of benzene rings is 2. The molecule has 174 valence electrons. The summed E-state index contributed by atoms with van der Waals surface area (Å²) in [6.45, 7) is 8.37. The Balaban J connectivity index is 1.65. The van der Waals surface area contributed by atoms with Crippen LogP contribution in [0.3, 0.4) is 0 Å². The van der Waals surface area contributed by atoms with E-state index in [2.05, 4.69) is 4.90 Å². The van der Waals surface area contributed by atoms with Crippen LogP contribution in [0.5, 0.6) is 5.75 Å². The second-order valence-electron chi connectivity index (χ2n) is 7.64. The van der Waals surface area contributed by atoms with Crippen LogP contribution in [0, 0.1) is 6.92 Å². The molecule has 1 saturated heterocycles. The third-order valence-corrected chi connectivity index (χ3v) is 7.71. The lowest BCUT2D eigenvalue weighted by Crippen LogP contribution is -2.51. The van der Waals surface area contributed by atoms with Gasteiger partial charge in [0.25, 0.3) is 0 Å². The molecule has 9 heteroatoms. The van der Waals surface area contributed by atoms with Crippen molar-refractivity contribution in [2.75, 3.05) is 50.8 Å². The largest absolute Gasteiger partial charge is 0.494 e. The zero-order chi connectivity index (χ0) is 23.3. The summed E-state index contributed by atoms with van der Waals surface area (Å²) in [5, 5.41) is 0.675. The predicted molar refractivity (Wildman–Crippen MR) is 127 cm³/mol. The van der Waals surface area contributed by atoms with Crippen LogP contribution in [-0.4, -0.2) is 69.4 Å². The molecule has 0 saturated carbocycles. The van der Waals surface area contributed by atoms with E-state index < -0.39 is 10.0 Å². The van der Waals surface area contributed by atoms with Gasteiger partial charge in [0.2, 0.25) is 15.9 Å². The van der Waals surface area contributed by atoms with E-state index in [1.165, 1.54) is 10.4 Å². The molecule has 0 bridgehead atoms. The first-order valence-electron chi connectivity index (χ1n) is 10.8. The summed E-state index contributed by atoms with van der Waals surface area (Å²) in [4.78, 5) is 17.0. The van der Waals surface area contributed by atoms with Crippen molar-refractivity contribution in [3.63, 3.8) is 0 Å². The normalized spacial score (nSPS) is 14.7. The Labute approximate surface area is 195 Å². The molecule has 3 rings (SSSR count). The maximum atomic E-state index is 13.2. The lowest BCUT2D eigenvalue weighted by molar-refractivity contribution is -0.131. The Morgan fingerprint density at radius 3 is 2.41 bits per heavy atom. The zero-order valence-corrected chi connectivity index (χ0v) is 20.3. The molecule has 1 aliphatic heterocycles. The number of sulfonamides is 1. The average Bonchev–Trinajstić information content (AvgIpc) is 2.78. The maximum absolute atomic E-state index is 13.2. The molecule has 1 fully saturated rings. The number of likely N-dealkylation sites (N-methyl/N-ethyl adjacent to an activating group) is 1. The molecule has 2 aromatic carbocycles. The van der Waals surface area contributed by atoms with Gasteiger partial charge >= 0.3 is 0 Å². The lowest BCUT2D eigenvalue weighted by Gasteiger charge is -2.37. The summed E-state index contributed by atoms with van der Waals surface area (Å²) in [6.07, 6.45) is 0. The van der Waals surface area contributed by atoms with Crippen LogP contribution in [0.1, 0.15) is 19.4 Å². The molecule has 1 amide bonds. The van der Waals surface area contributed by atoms with Gasteiger partial charge in [-0.2, -0.15) is 4.31 Å². The smallest absolute Gasteiger partial charge is 0.243 e. The predicted octanol–water partition coefficient (Wildman–Crippen LogP) is 3.41. The lowest BCUT2D eigenvalue weighted by atomic mass is 10.2. The summed E-state index contributed by atoms with van der Waals surface area (Å²) in [7, 11) is -3.79. The van der Waals surface area contributed by atoms with Gasteiger partial charge in [-0.05, 0) is 55.8 Å². The van der Waals surface area contributed by atoms with Gasteiger partial charge in [0.1, 0.15) is 5.75 Å². The van der Waals surface area contributed by atoms with E-state index in [1.807, 2.05) is 38.1 Å². The van der Waals surface area contributed by atoms with E-state index in [4.69, 9.17) is 16.3 Å². The van der Waals surface area contributed by atoms with Gasteiger partial charge in [-0.25, -0.2) is 8.42 Å². The summed E-state index contributed by atoms with van der Waals surface area (Å²) < 4.78 is 33.1. The van der Waals surface area contributed by atoms with Gasteiger partial charge in [-0.1, -0.05) is 24.6 Å². The first kappa shape index (κ1) is 24.4. The third-order valence-electron chi connectivity index (χ3n) is 5.55. The molecule has 0 atom stereocenters. The highest BCUT2D eigenvalue weighted by Gasteiger charge is 2.29. The number of aryl methyl sites for hydroxylation is 1. The molecular weight excluding hydrogens is 450 g/mol. The number of carbonyl (C=O) groups is 1. The minimum absolute atomic E-state index is 0.166. The van der Waals surface area contributed by atoms with Crippen molar-refractivity contribution < 1.29 is 17.9 Å². The maximum Gasteiger partial charge on any atom is 0.243 e. The van der Waals surface area contributed by atoms with E-state index in [0.717, 1.165) is 11.3 Å². The number of ether oxygens (including phenoxy) is 1. The van der Waals surface area contributed by atoms with Crippen LogP contribution in [0.4, 0.5) is 5.69 Å². The van der Waals surface area contributed by atoms with Gasteiger partial charge in [0.05, 0.1) is 18.0 Å². The highest BCUT2D eigenvalue weighted by Crippen LogP contribution is 2.25. The third kappa shape index (κ3) is 5.54. The molecule has 0 spiro atoms. The van der Waals surface area contributed by atoms with Crippen molar-refractivity contribution in [3.05, 3.63) is 53.1 Å². The Morgan fingerprint density at radius 1 is 1.09 bits per heavy atom. The quantitative estimate of drug-likeness (QED) is 0.580. The second-order valence-corrected chi connectivity index (χ2v) is 10.0. The highest BCUT2D eigenvalue weighted by atomic mass is 35.5. The Morgan fingerprint density at radius 2 is 1.81 bits per heavy atom. The average molecular weight is 480 g/mol. The van der Waals surface area contributed by atoms with E-state index in [0.29, 0.717) is 43.6 Å². The Bertz CT molecular complexity index is 1050. The molecule has 0 radical (unpaired) electrons. The van der Waals surface area contributed by atoms with Crippen molar-refractivity contribution in [1.82, 2.24) is 9.21 Å². The van der Waals surface area contributed by atoms with Crippen LogP contribution in [0.25, 0.3) is 0 Å². The number of carbonyl (C=O) groups excluding carboxylic acids is 1. The van der Waals surface area contributed by atoms with Gasteiger partial charge < -0.3 is 14.5 Å². The monoisotopic (exact) mass is 479 g/mol. The van der Waals surface area contributed by atoms with E-state index in [9.17, 15) is 13.2 Å². The Hall–Kier alpha value is -2.29. The summed E-state index contributed by atoms with van der Waals surface area (Å²) in [6, 6.07) is 12.4. The topological polar surface area (TPSA) is 70.2 Å². The highest BCUT2D eigenvalue weighted by molar-refractivity contribution is 7.89. The molecule has 0 N–H and O–H groups in total. The Kier molecular flexibility index (Phi) is 8.03. The van der Waals surface area contributed by atoms with E-state index in [1.54, 1.807) is 24.0 Å². The first-order valence-corrected chi connectivity index (χ1v) is 12.6. The summed E-state index contributed by atoms with van der Waals surface area (Å²) in [5.74, 6) is 0.465. The minimum Gasteiger partial charge on any atom is -0.494 e. The molecule has 1 heterocycles. The molecular formula is C23H30ClN3O4S. The SMILES string of the molecule is CCOc1ccc(S(=O)(=O)N(CC)CC(=O)N2CCN(c3cccc(Cl)c3)CC2)cc1C. The van der Waals surface area contributed by atoms with Crippen LogP contribution in [0.2, 0.25) is 5.02 Å². The second kappa shape index (κ2) is 10.6. The van der Waals surface area contributed by atoms with Gasteiger partial charge in [-0.15, -0.1) is 0 Å². The van der Waals surface area contributed by atoms with Gasteiger partial charge in [-0.3, -0.25) is 4.79 Å². The standard InChI is InChI=1S/C23H30ClN3O4S/c1-4-27(32(29,30)21-9-10-22(31-5-2)18(3)15-21)17-23(28)26-13-11-25(12-14-26)20-8-6-7-19(24)16-20/h6-10,15-16H,4-5,11-14,17H2,1-3H3. The van der Waals surface area contributed by atoms with Gasteiger partial charge in [0, 0.05) is 43.4 Å². The molecule has 1 aliphatic rings. The summed E-state index contributed by atoms with van der Waals surface area (Å²) in [5.41, 5.74) is 1.76. The number of halogens is 1.